The van der Waals surface area contributed by atoms with Crippen LogP contribution in [-0.4, -0.2) is 21.6 Å². The second-order valence-corrected chi connectivity index (χ2v) is 4.36. The van der Waals surface area contributed by atoms with Crippen LogP contribution in [0.4, 0.5) is 5.69 Å². The summed E-state index contributed by atoms with van der Waals surface area (Å²) in [5.41, 5.74) is 2.66. The second-order valence-electron chi connectivity index (χ2n) is 4.36. The first kappa shape index (κ1) is 12.5. The van der Waals surface area contributed by atoms with E-state index in [2.05, 4.69) is 20.3 Å². The number of aromatic amines is 1. The van der Waals surface area contributed by atoms with Gasteiger partial charge in [-0.25, -0.2) is 4.98 Å². The summed E-state index contributed by atoms with van der Waals surface area (Å²) in [6.07, 6.45) is 0. The van der Waals surface area contributed by atoms with Crippen molar-refractivity contribution < 1.29 is 4.74 Å². The van der Waals surface area contributed by atoms with E-state index in [1.807, 2.05) is 49.4 Å². The maximum atomic E-state index is 5.37. The first-order chi connectivity index (χ1) is 9.85. The molecule has 2 heterocycles. The molecule has 0 saturated carbocycles. The summed E-state index contributed by atoms with van der Waals surface area (Å²) in [7, 11) is 0. The quantitative estimate of drug-likeness (QED) is 0.746. The van der Waals surface area contributed by atoms with Crippen molar-refractivity contribution in [3.63, 3.8) is 0 Å². The Bertz CT molecular complexity index is 693. The number of fused-ring (bicyclic) bond motifs is 1. The number of para-hydroxylation sites is 1. The molecule has 2 aromatic heterocycles. The molecule has 0 amide bonds. The lowest BCUT2D eigenvalue weighted by Gasteiger charge is -2.02. The topological polar surface area (TPSA) is 62.8 Å². The lowest BCUT2D eigenvalue weighted by molar-refractivity contribution is 0.328. The SMILES string of the molecule is CCOc1ccc2[nH]c(CNc3ccccc3)nc2n1. The van der Waals surface area contributed by atoms with Crippen molar-refractivity contribution in [3.8, 4) is 5.88 Å². The molecule has 3 rings (SSSR count). The van der Waals surface area contributed by atoms with Crippen LogP contribution in [0, 0.1) is 0 Å². The predicted molar refractivity (Wildman–Crippen MR) is 78.8 cm³/mol. The molecule has 0 bridgehead atoms. The number of hydrogen-bond acceptors (Lipinski definition) is 4. The van der Waals surface area contributed by atoms with Crippen molar-refractivity contribution in [2.75, 3.05) is 11.9 Å². The molecule has 2 N–H and O–H groups in total. The average Bonchev–Trinajstić information content (AvgIpc) is 2.89. The Hall–Kier alpha value is -2.56. The molecule has 0 spiro atoms. The molecule has 0 fully saturated rings. The minimum absolute atomic E-state index is 0.603. The van der Waals surface area contributed by atoms with Gasteiger partial charge in [0.2, 0.25) is 5.88 Å². The van der Waals surface area contributed by atoms with E-state index >= 15 is 0 Å². The van der Waals surface area contributed by atoms with Crippen LogP contribution in [0.5, 0.6) is 5.88 Å². The lowest BCUT2D eigenvalue weighted by atomic mass is 10.3. The molecule has 0 aliphatic rings. The van der Waals surface area contributed by atoms with Crippen LogP contribution in [-0.2, 0) is 6.54 Å². The van der Waals surface area contributed by atoms with Gasteiger partial charge in [0, 0.05) is 11.8 Å². The van der Waals surface area contributed by atoms with Gasteiger partial charge in [-0.3, -0.25) is 0 Å². The zero-order valence-electron chi connectivity index (χ0n) is 11.3. The van der Waals surface area contributed by atoms with Gasteiger partial charge in [-0.1, -0.05) is 18.2 Å². The Labute approximate surface area is 117 Å². The van der Waals surface area contributed by atoms with Crippen LogP contribution in [0.3, 0.4) is 0 Å². The number of aromatic nitrogens is 3. The van der Waals surface area contributed by atoms with E-state index in [-0.39, 0.29) is 0 Å². The van der Waals surface area contributed by atoms with Crippen LogP contribution in [0.1, 0.15) is 12.7 Å². The molecule has 0 saturated heterocycles. The van der Waals surface area contributed by atoms with Crippen LogP contribution < -0.4 is 10.1 Å². The van der Waals surface area contributed by atoms with Crippen LogP contribution >= 0.6 is 0 Å². The highest BCUT2D eigenvalue weighted by molar-refractivity contribution is 5.71. The maximum Gasteiger partial charge on any atom is 0.215 e. The summed E-state index contributed by atoms with van der Waals surface area (Å²) in [6, 6.07) is 13.8. The van der Waals surface area contributed by atoms with Gasteiger partial charge in [-0.15, -0.1) is 0 Å². The first-order valence-corrected chi connectivity index (χ1v) is 6.62. The molecule has 20 heavy (non-hydrogen) atoms. The third-order valence-electron chi connectivity index (χ3n) is 2.90. The third kappa shape index (κ3) is 2.71. The molecule has 5 heteroatoms. The molecule has 102 valence electrons. The van der Waals surface area contributed by atoms with Gasteiger partial charge in [-0.2, -0.15) is 4.98 Å². The van der Waals surface area contributed by atoms with Gasteiger partial charge in [-0.05, 0) is 25.1 Å². The Balaban J connectivity index is 1.75. The molecule has 0 aliphatic carbocycles. The van der Waals surface area contributed by atoms with Crippen LogP contribution in [0.2, 0.25) is 0 Å². The fourth-order valence-corrected chi connectivity index (χ4v) is 1.98. The first-order valence-electron chi connectivity index (χ1n) is 6.62. The zero-order valence-corrected chi connectivity index (χ0v) is 11.3. The minimum atomic E-state index is 0.603. The van der Waals surface area contributed by atoms with Crippen molar-refractivity contribution in [2.24, 2.45) is 0 Å². The van der Waals surface area contributed by atoms with E-state index in [1.54, 1.807) is 0 Å². The number of H-pyrrole nitrogens is 1. The van der Waals surface area contributed by atoms with Crippen molar-refractivity contribution in [2.45, 2.75) is 13.5 Å². The van der Waals surface area contributed by atoms with E-state index in [1.165, 1.54) is 0 Å². The van der Waals surface area contributed by atoms with Crippen molar-refractivity contribution in [1.82, 2.24) is 15.0 Å². The smallest absolute Gasteiger partial charge is 0.215 e. The van der Waals surface area contributed by atoms with Crippen molar-refractivity contribution in [1.29, 1.82) is 0 Å². The number of rotatable bonds is 5. The Morgan fingerprint density at radius 2 is 1.95 bits per heavy atom. The van der Waals surface area contributed by atoms with Gasteiger partial charge in [0.25, 0.3) is 0 Å². The number of nitrogens with zero attached hydrogens (tertiary/aromatic N) is 2. The highest BCUT2D eigenvalue weighted by atomic mass is 16.5. The van der Waals surface area contributed by atoms with Gasteiger partial charge >= 0.3 is 0 Å². The molecular weight excluding hydrogens is 252 g/mol. The van der Waals surface area contributed by atoms with Gasteiger partial charge in [0.15, 0.2) is 5.65 Å². The summed E-state index contributed by atoms with van der Waals surface area (Å²) >= 11 is 0. The molecule has 0 atom stereocenters. The fourth-order valence-electron chi connectivity index (χ4n) is 1.98. The summed E-state index contributed by atoms with van der Waals surface area (Å²) in [5, 5.41) is 3.31. The maximum absolute atomic E-state index is 5.37. The van der Waals surface area contributed by atoms with Gasteiger partial charge < -0.3 is 15.0 Å². The van der Waals surface area contributed by atoms with Crippen LogP contribution in [0.15, 0.2) is 42.5 Å². The average molecular weight is 268 g/mol. The zero-order chi connectivity index (χ0) is 13.8. The fraction of sp³-hybridized carbons (Fsp3) is 0.200. The van der Waals surface area contributed by atoms with Crippen molar-refractivity contribution >= 4 is 16.9 Å². The summed E-state index contributed by atoms with van der Waals surface area (Å²) in [6.45, 7) is 3.17. The summed E-state index contributed by atoms with van der Waals surface area (Å²) in [5.74, 6) is 1.46. The standard InChI is InChI=1S/C15H16N4O/c1-2-20-14-9-8-12-15(19-14)18-13(17-12)10-16-11-6-4-3-5-7-11/h3-9,16H,2,10H2,1H3,(H,17,18,19). The van der Waals surface area contributed by atoms with E-state index < -0.39 is 0 Å². The summed E-state index contributed by atoms with van der Waals surface area (Å²) < 4.78 is 5.37. The van der Waals surface area contributed by atoms with Crippen LogP contribution in [0.25, 0.3) is 11.2 Å². The highest BCUT2D eigenvalue weighted by Crippen LogP contribution is 2.15. The number of anilines is 1. The second kappa shape index (κ2) is 5.61. The summed E-state index contributed by atoms with van der Waals surface area (Å²) in [4.78, 5) is 12.1. The number of nitrogens with one attached hydrogen (secondary N) is 2. The van der Waals surface area contributed by atoms with Crippen molar-refractivity contribution in [3.05, 3.63) is 48.3 Å². The molecular formula is C15H16N4O. The number of imidazole rings is 1. The van der Waals surface area contributed by atoms with E-state index in [4.69, 9.17) is 4.74 Å². The number of hydrogen-bond donors (Lipinski definition) is 2. The number of benzene rings is 1. The minimum Gasteiger partial charge on any atom is -0.478 e. The largest absolute Gasteiger partial charge is 0.478 e. The monoisotopic (exact) mass is 268 g/mol. The number of pyridine rings is 1. The Morgan fingerprint density at radius 1 is 1.10 bits per heavy atom. The number of ether oxygens (including phenoxy) is 1. The van der Waals surface area contributed by atoms with Gasteiger partial charge in [0.05, 0.1) is 18.7 Å². The van der Waals surface area contributed by atoms with E-state index in [0.29, 0.717) is 24.7 Å². The highest BCUT2D eigenvalue weighted by Gasteiger charge is 2.05. The predicted octanol–water partition coefficient (Wildman–Crippen LogP) is 2.97. The molecule has 0 aliphatic heterocycles. The molecule has 0 radical (unpaired) electrons. The van der Waals surface area contributed by atoms with E-state index in [9.17, 15) is 0 Å². The molecule has 0 unspecified atom stereocenters. The third-order valence-corrected chi connectivity index (χ3v) is 2.90. The molecule has 5 nitrogen and oxygen atoms in total. The molecule has 1 aromatic carbocycles. The Morgan fingerprint density at radius 3 is 2.75 bits per heavy atom. The van der Waals surface area contributed by atoms with E-state index in [0.717, 1.165) is 17.0 Å². The normalized spacial score (nSPS) is 10.7. The van der Waals surface area contributed by atoms with Gasteiger partial charge in [0.1, 0.15) is 5.82 Å². The lowest BCUT2D eigenvalue weighted by Crippen LogP contribution is -2.00. The molecule has 3 aromatic rings. The Kier molecular flexibility index (Phi) is 3.50.